The summed E-state index contributed by atoms with van der Waals surface area (Å²) in [7, 11) is 1.62. The van der Waals surface area contributed by atoms with E-state index in [0.717, 1.165) is 12.8 Å². The van der Waals surface area contributed by atoms with Crippen molar-refractivity contribution in [3.8, 4) is 0 Å². The van der Waals surface area contributed by atoms with Gasteiger partial charge in [-0.05, 0) is 30.9 Å². The summed E-state index contributed by atoms with van der Waals surface area (Å²) in [5.74, 6) is -0.00903. The van der Waals surface area contributed by atoms with Crippen LogP contribution in [0.1, 0.15) is 23.3 Å². The standard InChI is InChI=1S/C12H14Cl2N2O2/c1-16(6-9(17)7-2-3-7)12(18)11-8(13)4-5-10(14)15-11/h4-5,7,9,17H,2-3,6H2,1H3. The maximum atomic E-state index is 12.1. The van der Waals surface area contributed by atoms with Crippen LogP contribution in [0, 0.1) is 5.92 Å². The largest absolute Gasteiger partial charge is 0.391 e. The lowest BCUT2D eigenvalue weighted by Crippen LogP contribution is -2.35. The predicted molar refractivity (Wildman–Crippen MR) is 69.9 cm³/mol. The van der Waals surface area contributed by atoms with Crippen molar-refractivity contribution in [2.45, 2.75) is 18.9 Å². The first kappa shape index (κ1) is 13.6. The Labute approximate surface area is 116 Å². The van der Waals surface area contributed by atoms with Gasteiger partial charge in [-0.15, -0.1) is 0 Å². The Morgan fingerprint density at radius 2 is 2.22 bits per heavy atom. The van der Waals surface area contributed by atoms with Crippen LogP contribution in [-0.2, 0) is 0 Å². The molecule has 2 rings (SSSR count). The van der Waals surface area contributed by atoms with Crippen LogP contribution in [0.15, 0.2) is 12.1 Å². The Bertz CT molecular complexity index is 463. The molecule has 1 aliphatic rings. The van der Waals surface area contributed by atoms with Crippen LogP contribution in [0.25, 0.3) is 0 Å². The topological polar surface area (TPSA) is 53.4 Å². The molecule has 0 radical (unpaired) electrons. The molecular formula is C12H14Cl2N2O2. The molecule has 0 aliphatic heterocycles. The van der Waals surface area contributed by atoms with Crippen LogP contribution >= 0.6 is 23.2 Å². The molecular weight excluding hydrogens is 275 g/mol. The number of hydrogen-bond donors (Lipinski definition) is 1. The molecule has 1 aliphatic carbocycles. The highest BCUT2D eigenvalue weighted by atomic mass is 35.5. The summed E-state index contributed by atoms with van der Waals surface area (Å²) in [6, 6.07) is 3.06. The van der Waals surface area contributed by atoms with Crippen molar-refractivity contribution in [3.05, 3.63) is 28.0 Å². The van der Waals surface area contributed by atoms with E-state index in [1.807, 2.05) is 0 Å². The van der Waals surface area contributed by atoms with E-state index in [1.54, 1.807) is 7.05 Å². The highest BCUT2D eigenvalue weighted by Crippen LogP contribution is 2.32. The maximum Gasteiger partial charge on any atom is 0.273 e. The number of nitrogens with zero attached hydrogens (tertiary/aromatic N) is 2. The molecule has 4 nitrogen and oxygen atoms in total. The second kappa shape index (κ2) is 5.43. The average molecular weight is 289 g/mol. The zero-order chi connectivity index (χ0) is 13.3. The first-order chi connectivity index (χ1) is 8.49. The van der Waals surface area contributed by atoms with E-state index in [9.17, 15) is 9.90 Å². The number of carbonyl (C=O) groups excluding carboxylic acids is 1. The highest BCUT2D eigenvalue weighted by molar-refractivity contribution is 6.34. The number of carbonyl (C=O) groups is 1. The third-order valence-electron chi connectivity index (χ3n) is 2.99. The number of aliphatic hydroxyl groups excluding tert-OH is 1. The van der Waals surface area contributed by atoms with Crippen molar-refractivity contribution in [2.75, 3.05) is 13.6 Å². The maximum absolute atomic E-state index is 12.1. The van der Waals surface area contributed by atoms with E-state index >= 15 is 0 Å². The average Bonchev–Trinajstić information content (AvgIpc) is 3.15. The second-order valence-corrected chi connectivity index (χ2v) is 5.35. The summed E-state index contributed by atoms with van der Waals surface area (Å²) in [4.78, 5) is 17.5. The van der Waals surface area contributed by atoms with Gasteiger partial charge in [0, 0.05) is 13.6 Å². The number of rotatable bonds is 4. The summed E-state index contributed by atoms with van der Waals surface area (Å²) >= 11 is 11.7. The van der Waals surface area contributed by atoms with Gasteiger partial charge in [-0.25, -0.2) is 4.98 Å². The molecule has 1 aromatic rings. The van der Waals surface area contributed by atoms with Gasteiger partial charge < -0.3 is 10.0 Å². The van der Waals surface area contributed by atoms with Crippen LogP contribution in [0.5, 0.6) is 0 Å². The van der Waals surface area contributed by atoms with E-state index < -0.39 is 6.10 Å². The van der Waals surface area contributed by atoms with Crippen molar-refractivity contribution >= 4 is 29.1 Å². The number of aliphatic hydroxyl groups is 1. The highest BCUT2D eigenvalue weighted by Gasteiger charge is 2.31. The van der Waals surface area contributed by atoms with Gasteiger partial charge in [-0.2, -0.15) is 0 Å². The molecule has 1 heterocycles. The number of hydrogen-bond acceptors (Lipinski definition) is 3. The van der Waals surface area contributed by atoms with Crippen molar-refractivity contribution in [1.29, 1.82) is 0 Å². The second-order valence-electron chi connectivity index (χ2n) is 4.55. The van der Waals surface area contributed by atoms with E-state index in [-0.39, 0.29) is 28.3 Å². The van der Waals surface area contributed by atoms with Gasteiger partial charge in [0.05, 0.1) is 11.1 Å². The molecule has 1 unspecified atom stereocenters. The number of pyridine rings is 1. The van der Waals surface area contributed by atoms with Crippen LogP contribution in [0.3, 0.4) is 0 Å². The third kappa shape index (κ3) is 3.13. The quantitative estimate of drug-likeness (QED) is 0.865. The van der Waals surface area contributed by atoms with E-state index in [1.165, 1.54) is 17.0 Å². The predicted octanol–water partition coefficient (Wildman–Crippen LogP) is 2.23. The van der Waals surface area contributed by atoms with Crippen LogP contribution in [0.2, 0.25) is 10.2 Å². The lowest BCUT2D eigenvalue weighted by molar-refractivity contribution is 0.0640. The summed E-state index contributed by atoms with van der Waals surface area (Å²) in [6.07, 6.45) is 1.58. The van der Waals surface area contributed by atoms with Gasteiger partial charge in [-0.3, -0.25) is 4.79 Å². The minimum Gasteiger partial charge on any atom is -0.391 e. The van der Waals surface area contributed by atoms with Crippen molar-refractivity contribution < 1.29 is 9.90 Å². The lowest BCUT2D eigenvalue weighted by atomic mass is 10.2. The molecule has 1 aromatic heterocycles. The van der Waals surface area contributed by atoms with Gasteiger partial charge in [0.15, 0.2) is 0 Å². The van der Waals surface area contributed by atoms with Gasteiger partial charge in [0.2, 0.25) is 0 Å². The molecule has 0 spiro atoms. The smallest absolute Gasteiger partial charge is 0.273 e. The normalized spacial score (nSPS) is 16.4. The third-order valence-corrected chi connectivity index (χ3v) is 3.50. The van der Waals surface area contributed by atoms with E-state index in [0.29, 0.717) is 5.92 Å². The van der Waals surface area contributed by atoms with E-state index in [2.05, 4.69) is 4.98 Å². The number of likely N-dealkylation sites (N-methyl/N-ethyl adjacent to an activating group) is 1. The summed E-state index contributed by atoms with van der Waals surface area (Å²) in [5, 5.41) is 10.3. The van der Waals surface area contributed by atoms with Gasteiger partial charge in [0.25, 0.3) is 5.91 Å². The number of amides is 1. The van der Waals surface area contributed by atoms with Crippen LogP contribution in [0.4, 0.5) is 0 Å². The number of aromatic nitrogens is 1. The first-order valence-electron chi connectivity index (χ1n) is 5.74. The fraction of sp³-hybridized carbons (Fsp3) is 0.500. The molecule has 98 valence electrons. The Hall–Kier alpha value is -0.840. The fourth-order valence-corrected chi connectivity index (χ4v) is 2.08. The molecule has 1 N–H and O–H groups in total. The zero-order valence-electron chi connectivity index (χ0n) is 9.94. The SMILES string of the molecule is CN(CC(O)C1CC1)C(=O)c1nc(Cl)ccc1Cl. The molecule has 1 fully saturated rings. The fourth-order valence-electron chi connectivity index (χ4n) is 1.74. The monoisotopic (exact) mass is 288 g/mol. The first-order valence-corrected chi connectivity index (χ1v) is 6.50. The van der Waals surface area contributed by atoms with E-state index in [4.69, 9.17) is 23.2 Å². The molecule has 1 amide bonds. The molecule has 0 aromatic carbocycles. The molecule has 0 saturated heterocycles. The molecule has 0 bridgehead atoms. The zero-order valence-corrected chi connectivity index (χ0v) is 11.4. The minimum absolute atomic E-state index is 0.120. The lowest BCUT2D eigenvalue weighted by Gasteiger charge is -2.20. The Kier molecular flexibility index (Phi) is 4.10. The van der Waals surface area contributed by atoms with Crippen molar-refractivity contribution in [1.82, 2.24) is 9.88 Å². The molecule has 1 atom stereocenters. The van der Waals surface area contributed by atoms with Crippen molar-refractivity contribution in [2.24, 2.45) is 5.92 Å². The van der Waals surface area contributed by atoms with Crippen LogP contribution in [-0.4, -0.2) is 40.6 Å². The molecule has 6 heteroatoms. The number of halogens is 2. The Morgan fingerprint density at radius 3 is 2.83 bits per heavy atom. The Balaban J connectivity index is 2.07. The van der Waals surface area contributed by atoms with Gasteiger partial charge in [-0.1, -0.05) is 23.2 Å². The minimum atomic E-state index is -0.475. The van der Waals surface area contributed by atoms with Gasteiger partial charge in [0.1, 0.15) is 10.8 Å². The summed E-state index contributed by atoms with van der Waals surface area (Å²) in [5.41, 5.74) is 0.120. The van der Waals surface area contributed by atoms with Crippen molar-refractivity contribution in [3.63, 3.8) is 0 Å². The Morgan fingerprint density at radius 1 is 1.56 bits per heavy atom. The van der Waals surface area contributed by atoms with Gasteiger partial charge >= 0.3 is 0 Å². The summed E-state index contributed by atoms with van der Waals surface area (Å²) < 4.78 is 0. The molecule has 18 heavy (non-hydrogen) atoms. The van der Waals surface area contributed by atoms with Crippen LogP contribution < -0.4 is 0 Å². The summed E-state index contributed by atoms with van der Waals surface area (Å²) in [6.45, 7) is 0.286. The molecule has 1 saturated carbocycles.